The van der Waals surface area contributed by atoms with Crippen molar-refractivity contribution >= 4 is 17.5 Å². The molecule has 0 aromatic heterocycles. The largest absolute Gasteiger partial charge is 0.333 e. The molecule has 0 saturated heterocycles. The Labute approximate surface area is 112 Å². The summed E-state index contributed by atoms with van der Waals surface area (Å²) in [5, 5.41) is 2.58. The molecule has 19 heavy (non-hydrogen) atoms. The van der Waals surface area contributed by atoms with Crippen LogP contribution < -0.4 is 16.6 Å². The van der Waals surface area contributed by atoms with Gasteiger partial charge in [0.15, 0.2) is 5.78 Å². The second-order valence-electron chi connectivity index (χ2n) is 4.84. The number of nitrogens with one attached hydrogen (secondary N) is 2. The Balaban J connectivity index is 2.18. The van der Waals surface area contributed by atoms with Gasteiger partial charge in [0.1, 0.15) is 0 Å². The van der Waals surface area contributed by atoms with Gasteiger partial charge >= 0.3 is 6.03 Å². The molecule has 0 bridgehead atoms. The number of Topliss-reactive ketones (excluding diaryl/α,β-unsaturated/α-hetero) is 1. The molecule has 1 saturated carbocycles. The fourth-order valence-corrected chi connectivity index (χ4v) is 2.55. The van der Waals surface area contributed by atoms with Crippen LogP contribution in [0.25, 0.3) is 0 Å². The van der Waals surface area contributed by atoms with Gasteiger partial charge in [-0.2, -0.15) is 0 Å². The Hall–Kier alpha value is -1.88. The molecule has 1 aromatic carbocycles. The minimum atomic E-state index is -0.524. The normalized spacial score (nSPS) is 15.8. The first-order chi connectivity index (χ1) is 9.22. The lowest BCUT2D eigenvalue weighted by molar-refractivity contribution is 0.0890. The van der Waals surface area contributed by atoms with Crippen molar-refractivity contribution in [2.45, 2.75) is 32.1 Å². The van der Waals surface area contributed by atoms with E-state index in [-0.39, 0.29) is 11.7 Å². The summed E-state index contributed by atoms with van der Waals surface area (Å²) < 4.78 is 0. The molecular formula is C14H19N3O2. The van der Waals surface area contributed by atoms with E-state index < -0.39 is 6.03 Å². The van der Waals surface area contributed by atoms with Crippen molar-refractivity contribution in [3.8, 4) is 0 Å². The summed E-state index contributed by atoms with van der Waals surface area (Å²) in [6, 6.07) is 6.53. The van der Waals surface area contributed by atoms with Crippen LogP contribution in [-0.2, 0) is 0 Å². The van der Waals surface area contributed by atoms with E-state index in [0.29, 0.717) is 11.3 Å². The fourth-order valence-electron chi connectivity index (χ4n) is 2.55. The standard InChI is InChI=1S/C14H19N3O2/c15-17-14(19)16-12-9-5-4-8-11(12)13(18)10-6-2-1-3-7-10/h4-5,8-10H,1-3,6-7,15H2,(H2,16,17,19). The first kappa shape index (κ1) is 13.5. The van der Waals surface area contributed by atoms with Gasteiger partial charge in [0.05, 0.1) is 5.69 Å². The highest BCUT2D eigenvalue weighted by Gasteiger charge is 2.24. The number of nitrogens with two attached hydrogens (primary N) is 1. The molecule has 1 aromatic rings. The van der Waals surface area contributed by atoms with Crippen LogP contribution in [0.1, 0.15) is 42.5 Å². The molecule has 0 unspecified atom stereocenters. The van der Waals surface area contributed by atoms with E-state index in [0.717, 1.165) is 25.7 Å². The molecule has 0 radical (unpaired) electrons. The first-order valence-corrected chi connectivity index (χ1v) is 6.63. The van der Waals surface area contributed by atoms with Crippen molar-refractivity contribution in [3.63, 3.8) is 0 Å². The third kappa shape index (κ3) is 3.32. The Morgan fingerprint density at radius 2 is 1.79 bits per heavy atom. The van der Waals surface area contributed by atoms with Crippen molar-refractivity contribution < 1.29 is 9.59 Å². The number of ketones is 1. The highest BCUT2D eigenvalue weighted by atomic mass is 16.2. The highest BCUT2D eigenvalue weighted by Crippen LogP contribution is 2.29. The zero-order valence-corrected chi connectivity index (χ0v) is 10.8. The molecule has 102 valence electrons. The van der Waals surface area contributed by atoms with Crippen LogP contribution in [0, 0.1) is 5.92 Å². The number of benzene rings is 1. The molecule has 1 aliphatic carbocycles. The Morgan fingerprint density at radius 1 is 1.11 bits per heavy atom. The molecule has 2 rings (SSSR count). The fraction of sp³-hybridized carbons (Fsp3) is 0.429. The second-order valence-corrected chi connectivity index (χ2v) is 4.84. The number of hydrogen-bond acceptors (Lipinski definition) is 3. The van der Waals surface area contributed by atoms with E-state index in [1.807, 2.05) is 11.5 Å². The van der Waals surface area contributed by atoms with Crippen molar-refractivity contribution in [3.05, 3.63) is 29.8 Å². The lowest BCUT2D eigenvalue weighted by Crippen LogP contribution is -2.35. The molecule has 5 nitrogen and oxygen atoms in total. The third-order valence-electron chi connectivity index (χ3n) is 3.55. The number of rotatable bonds is 3. The highest BCUT2D eigenvalue weighted by molar-refractivity contribution is 6.05. The molecule has 2 amide bonds. The van der Waals surface area contributed by atoms with E-state index in [1.54, 1.807) is 18.2 Å². The van der Waals surface area contributed by atoms with E-state index in [1.165, 1.54) is 6.42 Å². The minimum Gasteiger partial charge on any atom is -0.306 e. The first-order valence-electron chi connectivity index (χ1n) is 6.63. The molecule has 0 spiro atoms. The number of anilines is 1. The van der Waals surface area contributed by atoms with Crippen LogP contribution in [0.5, 0.6) is 0 Å². The molecule has 4 N–H and O–H groups in total. The van der Waals surface area contributed by atoms with Crippen LogP contribution in [-0.4, -0.2) is 11.8 Å². The number of para-hydroxylation sites is 1. The van der Waals surface area contributed by atoms with Crippen molar-refractivity contribution in [1.82, 2.24) is 5.43 Å². The number of urea groups is 1. The van der Waals surface area contributed by atoms with Crippen molar-refractivity contribution in [2.75, 3.05) is 5.32 Å². The monoisotopic (exact) mass is 261 g/mol. The van der Waals surface area contributed by atoms with Gasteiger partial charge in [-0.3, -0.25) is 10.2 Å². The van der Waals surface area contributed by atoms with Gasteiger partial charge in [-0.25, -0.2) is 10.6 Å². The number of carbonyl (C=O) groups excluding carboxylic acids is 2. The summed E-state index contributed by atoms with van der Waals surface area (Å²) in [4.78, 5) is 23.8. The van der Waals surface area contributed by atoms with Gasteiger partial charge in [-0.15, -0.1) is 0 Å². The zero-order chi connectivity index (χ0) is 13.7. The number of hydrogen-bond donors (Lipinski definition) is 3. The van der Waals surface area contributed by atoms with Gasteiger partial charge in [0.2, 0.25) is 0 Å². The third-order valence-corrected chi connectivity index (χ3v) is 3.55. The zero-order valence-electron chi connectivity index (χ0n) is 10.8. The summed E-state index contributed by atoms with van der Waals surface area (Å²) in [6.07, 6.45) is 5.30. The number of amides is 2. The molecule has 1 aliphatic rings. The van der Waals surface area contributed by atoms with Gasteiger partial charge < -0.3 is 5.32 Å². The lowest BCUT2D eigenvalue weighted by Gasteiger charge is -2.21. The maximum atomic E-state index is 12.5. The summed E-state index contributed by atoms with van der Waals surface area (Å²) in [6.45, 7) is 0. The van der Waals surface area contributed by atoms with Crippen LogP contribution in [0.15, 0.2) is 24.3 Å². The van der Waals surface area contributed by atoms with E-state index in [9.17, 15) is 9.59 Å². The van der Waals surface area contributed by atoms with Crippen LogP contribution >= 0.6 is 0 Å². The Kier molecular flexibility index (Phi) is 4.52. The van der Waals surface area contributed by atoms with Crippen LogP contribution in [0.2, 0.25) is 0 Å². The van der Waals surface area contributed by atoms with E-state index >= 15 is 0 Å². The molecule has 0 atom stereocenters. The average molecular weight is 261 g/mol. The number of carbonyl (C=O) groups is 2. The molecule has 1 fully saturated rings. The molecule has 5 heteroatoms. The maximum absolute atomic E-state index is 12.5. The quantitative estimate of drug-likeness (QED) is 0.338. The lowest BCUT2D eigenvalue weighted by atomic mass is 9.83. The van der Waals surface area contributed by atoms with E-state index in [2.05, 4.69) is 5.32 Å². The predicted molar refractivity (Wildman–Crippen MR) is 73.7 cm³/mol. The Morgan fingerprint density at radius 3 is 2.47 bits per heavy atom. The van der Waals surface area contributed by atoms with Crippen molar-refractivity contribution in [2.24, 2.45) is 11.8 Å². The smallest absolute Gasteiger partial charge is 0.306 e. The van der Waals surface area contributed by atoms with Gasteiger partial charge in [0.25, 0.3) is 0 Å². The Bertz CT molecular complexity index is 468. The summed E-state index contributed by atoms with van der Waals surface area (Å²) >= 11 is 0. The molecule has 0 aliphatic heterocycles. The average Bonchev–Trinajstić information content (AvgIpc) is 2.48. The second kappa shape index (κ2) is 6.33. The number of hydrazine groups is 1. The van der Waals surface area contributed by atoms with Gasteiger partial charge in [-0.05, 0) is 25.0 Å². The summed E-state index contributed by atoms with van der Waals surface area (Å²) in [5.41, 5.74) is 3.08. The molecule has 0 heterocycles. The topological polar surface area (TPSA) is 84.2 Å². The van der Waals surface area contributed by atoms with Gasteiger partial charge in [0, 0.05) is 11.5 Å². The van der Waals surface area contributed by atoms with E-state index in [4.69, 9.17) is 5.84 Å². The summed E-state index contributed by atoms with van der Waals surface area (Å²) in [5.74, 6) is 5.24. The summed E-state index contributed by atoms with van der Waals surface area (Å²) in [7, 11) is 0. The minimum absolute atomic E-state index is 0.0811. The van der Waals surface area contributed by atoms with Gasteiger partial charge in [-0.1, -0.05) is 31.4 Å². The van der Waals surface area contributed by atoms with Crippen LogP contribution in [0.3, 0.4) is 0 Å². The SMILES string of the molecule is NNC(=O)Nc1ccccc1C(=O)C1CCCCC1. The predicted octanol–water partition coefficient (Wildman–Crippen LogP) is 2.44. The maximum Gasteiger partial charge on any atom is 0.333 e. The molecular weight excluding hydrogens is 242 g/mol. The van der Waals surface area contributed by atoms with Crippen LogP contribution in [0.4, 0.5) is 10.5 Å². The van der Waals surface area contributed by atoms with Crippen molar-refractivity contribution in [1.29, 1.82) is 0 Å².